The molecule has 0 aliphatic carbocycles. The van der Waals surface area contributed by atoms with Crippen molar-refractivity contribution in [3.05, 3.63) is 54.1 Å². The summed E-state index contributed by atoms with van der Waals surface area (Å²) in [5.41, 5.74) is 1.02. The molecule has 10 nitrogen and oxygen atoms in total. The Balaban J connectivity index is 1.46. The second-order valence-electron chi connectivity index (χ2n) is 9.22. The minimum atomic E-state index is -0.963. The van der Waals surface area contributed by atoms with Crippen molar-refractivity contribution in [2.24, 2.45) is 0 Å². The van der Waals surface area contributed by atoms with Crippen LogP contribution in [0.25, 0.3) is 0 Å². The van der Waals surface area contributed by atoms with Crippen LogP contribution in [0, 0.1) is 0 Å². The van der Waals surface area contributed by atoms with Gasteiger partial charge in [-0.1, -0.05) is 18.2 Å². The fourth-order valence-corrected chi connectivity index (χ4v) is 4.09. The third-order valence-electron chi connectivity index (χ3n) is 5.24. The van der Waals surface area contributed by atoms with Gasteiger partial charge < -0.3 is 29.9 Å². The van der Waals surface area contributed by atoms with Crippen molar-refractivity contribution in [2.45, 2.75) is 44.2 Å². The number of hydrogen-bond acceptors (Lipinski definition) is 9. The number of hydrogen-bond donors (Lipinski definition) is 4. The van der Waals surface area contributed by atoms with E-state index in [1.165, 1.54) is 17.0 Å². The van der Waals surface area contributed by atoms with Gasteiger partial charge in [0.25, 0.3) is 11.1 Å². The van der Waals surface area contributed by atoms with Crippen LogP contribution in [0.15, 0.2) is 48.5 Å². The number of nitrogens with one attached hydrogen (secondary N) is 2. The molecule has 0 aromatic heterocycles. The number of rotatable bonds is 10. The quantitative estimate of drug-likeness (QED) is 0.374. The van der Waals surface area contributed by atoms with E-state index in [2.05, 4.69) is 10.6 Å². The molecule has 0 spiro atoms. The molecule has 11 heteroatoms. The lowest BCUT2D eigenvalue weighted by molar-refractivity contribution is -0.118. The second kappa shape index (κ2) is 12.0. The monoisotopic (exact) mass is 517 g/mol. The van der Waals surface area contributed by atoms with Gasteiger partial charge in [0.2, 0.25) is 0 Å². The molecule has 2 unspecified atom stereocenters. The largest absolute Gasteiger partial charge is 0.508 e. The van der Waals surface area contributed by atoms with Crippen LogP contribution < -0.4 is 15.4 Å². The highest BCUT2D eigenvalue weighted by atomic mass is 32.2. The maximum atomic E-state index is 12.8. The first-order valence-electron chi connectivity index (χ1n) is 11.4. The third kappa shape index (κ3) is 8.06. The molecule has 0 bridgehead atoms. The van der Waals surface area contributed by atoms with Gasteiger partial charge in [0, 0.05) is 23.7 Å². The maximum Gasteiger partial charge on any atom is 0.410 e. The number of amides is 3. The van der Waals surface area contributed by atoms with Gasteiger partial charge in [0.15, 0.2) is 5.37 Å². The molecule has 3 rings (SSSR count). The summed E-state index contributed by atoms with van der Waals surface area (Å²) in [5, 5.41) is 24.1. The van der Waals surface area contributed by atoms with Gasteiger partial charge in [0.05, 0.1) is 13.2 Å². The van der Waals surface area contributed by atoms with E-state index in [9.17, 15) is 24.6 Å². The molecule has 194 valence electrons. The number of ether oxygens (including phenoxy) is 2. The normalized spacial score (nSPS) is 16.3. The number of phenols is 1. The fourth-order valence-electron chi connectivity index (χ4n) is 3.36. The number of β-amino-alcohol motifs (C(OH)–C–C–N with tert-alkyl or cyclic N) is 1. The number of aliphatic hydroxyl groups is 1. The van der Waals surface area contributed by atoms with Gasteiger partial charge >= 0.3 is 6.09 Å². The lowest BCUT2D eigenvalue weighted by Crippen LogP contribution is -2.50. The van der Waals surface area contributed by atoms with Crippen LogP contribution in [0.4, 0.5) is 15.3 Å². The predicted molar refractivity (Wildman–Crippen MR) is 136 cm³/mol. The van der Waals surface area contributed by atoms with E-state index < -0.39 is 23.1 Å². The average molecular weight is 518 g/mol. The van der Waals surface area contributed by atoms with Crippen molar-refractivity contribution in [1.82, 2.24) is 10.2 Å². The van der Waals surface area contributed by atoms with Crippen LogP contribution in [-0.2, 0) is 16.0 Å². The summed E-state index contributed by atoms with van der Waals surface area (Å²) in [6.45, 7) is 5.64. The molecule has 1 heterocycles. The first kappa shape index (κ1) is 27.2. The molecule has 1 fully saturated rings. The second-order valence-corrected chi connectivity index (χ2v) is 10.3. The van der Waals surface area contributed by atoms with Crippen LogP contribution in [0.3, 0.4) is 0 Å². The summed E-state index contributed by atoms with van der Waals surface area (Å²) in [7, 11) is 0. The van der Waals surface area contributed by atoms with Crippen LogP contribution >= 0.6 is 11.8 Å². The number of nitrogens with zero attached hydrogens (tertiary/aromatic N) is 1. The SMILES string of the molecule is CC(C)(C)N(CC(O)COc1cccc(O)c1)C(=O)OCCc1ccc(NC2SC(=O)NC2=O)cc1. The predicted octanol–water partition coefficient (Wildman–Crippen LogP) is 3.33. The van der Waals surface area contributed by atoms with Crippen molar-refractivity contribution in [3.8, 4) is 11.5 Å². The summed E-state index contributed by atoms with van der Waals surface area (Å²) in [6.07, 6.45) is -1.04. The maximum absolute atomic E-state index is 12.8. The molecule has 1 saturated heterocycles. The number of carbonyl (C=O) groups is 3. The van der Waals surface area contributed by atoms with Gasteiger partial charge in [-0.15, -0.1) is 0 Å². The minimum absolute atomic E-state index is 0.0107. The van der Waals surface area contributed by atoms with E-state index in [0.29, 0.717) is 17.9 Å². The van der Waals surface area contributed by atoms with E-state index in [1.807, 2.05) is 32.9 Å². The molecule has 1 aliphatic heterocycles. The van der Waals surface area contributed by atoms with Crippen molar-refractivity contribution in [3.63, 3.8) is 0 Å². The molecule has 0 saturated carbocycles. The molecular formula is C25H31N3O7S. The Bertz CT molecular complexity index is 1070. The number of anilines is 1. The Morgan fingerprint density at radius 1 is 1.19 bits per heavy atom. The van der Waals surface area contributed by atoms with E-state index in [-0.39, 0.29) is 36.7 Å². The molecule has 36 heavy (non-hydrogen) atoms. The highest BCUT2D eigenvalue weighted by molar-refractivity contribution is 8.15. The van der Waals surface area contributed by atoms with Crippen LogP contribution in [0.5, 0.6) is 11.5 Å². The van der Waals surface area contributed by atoms with E-state index >= 15 is 0 Å². The van der Waals surface area contributed by atoms with Gasteiger partial charge in [-0.3, -0.25) is 14.9 Å². The molecule has 2 atom stereocenters. The van der Waals surface area contributed by atoms with Gasteiger partial charge in [-0.2, -0.15) is 0 Å². The smallest absolute Gasteiger partial charge is 0.410 e. The Morgan fingerprint density at radius 3 is 2.53 bits per heavy atom. The number of benzene rings is 2. The van der Waals surface area contributed by atoms with Gasteiger partial charge in [-0.25, -0.2) is 4.79 Å². The summed E-state index contributed by atoms with van der Waals surface area (Å²) in [4.78, 5) is 37.2. The first-order valence-corrected chi connectivity index (χ1v) is 12.3. The highest BCUT2D eigenvalue weighted by Gasteiger charge is 2.32. The lowest BCUT2D eigenvalue weighted by Gasteiger charge is -2.36. The van der Waals surface area contributed by atoms with Crippen molar-refractivity contribution >= 4 is 34.7 Å². The molecular weight excluding hydrogens is 486 g/mol. The van der Waals surface area contributed by atoms with Gasteiger partial charge in [-0.05, 0) is 62.4 Å². The van der Waals surface area contributed by atoms with Crippen LogP contribution in [0.1, 0.15) is 26.3 Å². The molecule has 4 N–H and O–H groups in total. The minimum Gasteiger partial charge on any atom is -0.508 e. The van der Waals surface area contributed by atoms with Crippen molar-refractivity contribution in [2.75, 3.05) is 25.1 Å². The third-order valence-corrected chi connectivity index (χ3v) is 6.12. The zero-order valence-corrected chi connectivity index (χ0v) is 21.2. The van der Waals surface area contributed by atoms with Crippen LogP contribution in [0.2, 0.25) is 0 Å². The molecule has 2 aromatic rings. The van der Waals surface area contributed by atoms with Gasteiger partial charge in [0.1, 0.15) is 24.2 Å². The number of carbonyl (C=O) groups excluding carboxylic acids is 3. The Hall–Kier alpha value is -3.44. The topological polar surface area (TPSA) is 137 Å². The molecule has 2 aromatic carbocycles. The number of aromatic hydroxyl groups is 1. The van der Waals surface area contributed by atoms with E-state index in [0.717, 1.165) is 17.3 Å². The number of phenolic OH excluding ortho intramolecular Hbond substituents is 1. The standard InChI is InChI=1S/C25H31N3O7S/c1-25(2,3)28(14-19(30)15-35-20-6-4-5-18(29)13-20)24(33)34-12-11-16-7-9-17(10-8-16)26-22-21(31)27-23(32)36-22/h4-10,13,19,22,26,29-30H,11-12,14-15H2,1-3H3,(H,27,31,32). The van der Waals surface area contributed by atoms with Crippen molar-refractivity contribution < 1.29 is 34.1 Å². The molecule has 3 amide bonds. The van der Waals surface area contributed by atoms with E-state index in [4.69, 9.17) is 9.47 Å². The summed E-state index contributed by atoms with van der Waals surface area (Å²) in [5.74, 6) is 0.101. The Morgan fingerprint density at radius 2 is 1.92 bits per heavy atom. The lowest BCUT2D eigenvalue weighted by atomic mass is 10.1. The Kier molecular flexibility index (Phi) is 9.05. The number of aliphatic hydroxyl groups excluding tert-OH is 1. The summed E-state index contributed by atoms with van der Waals surface area (Å²) >= 11 is 0.892. The zero-order valence-electron chi connectivity index (χ0n) is 20.4. The van der Waals surface area contributed by atoms with Crippen molar-refractivity contribution in [1.29, 1.82) is 0 Å². The molecule has 0 radical (unpaired) electrons. The zero-order chi connectivity index (χ0) is 26.3. The molecule has 1 aliphatic rings. The number of imide groups is 1. The highest BCUT2D eigenvalue weighted by Crippen LogP contribution is 2.22. The van der Waals surface area contributed by atoms with E-state index in [1.54, 1.807) is 24.3 Å². The average Bonchev–Trinajstić information content (AvgIpc) is 3.12. The van der Waals surface area contributed by atoms with Crippen LogP contribution in [-0.4, -0.2) is 69.1 Å². The fraction of sp³-hybridized carbons (Fsp3) is 0.400. The summed E-state index contributed by atoms with van der Waals surface area (Å²) in [6, 6.07) is 13.5. The first-order chi connectivity index (χ1) is 17.0. The Labute approximate surface area is 214 Å². The number of thioether (sulfide) groups is 1. The summed E-state index contributed by atoms with van der Waals surface area (Å²) < 4.78 is 11.0.